The number of rotatable bonds is 4. The highest BCUT2D eigenvalue weighted by molar-refractivity contribution is 7.89. The van der Waals surface area contributed by atoms with Crippen molar-refractivity contribution in [2.45, 2.75) is 23.8 Å². The van der Waals surface area contributed by atoms with Gasteiger partial charge >= 0.3 is 5.97 Å². The number of aryl methyl sites for hydroxylation is 1. The standard InChI is InChI=1S/C17H17NO4S/c1-22-17(19)13-6-4-7-14(11-13)23(20,21)18-16-10-9-12-5-2-3-8-15(12)16/h2-8,11,16,18H,9-10H2,1H3. The van der Waals surface area contributed by atoms with Gasteiger partial charge in [0.1, 0.15) is 0 Å². The molecule has 3 rings (SSSR count). The zero-order chi connectivity index (χ0) is 16.4. The van der Waals surface area contributed by atoms with Gasteiger partial charge in [-0.25, -0.2) is 17.9 Å². The average molecular weight is 331 g/mol. The predicted octanol–water partition coefficient (Wildman–Crippen LogP) is 2.44. The molecule has 1 unspecified atom stereocenters. The summed E-state index contributed by atoms with van der Waals surface area (Å²) in [5.41, 5.74) is 2.39. The molecule has 6 heteroatoms. The highest BCUT2D eigenvalue weighted by Gasteiger charge is 2.27. The Labute approximate surface area is 135 Å². The zero-order valence-corrected chi connectivity index (χ0v) is 13.5. The van der Waals surface area contributed by atoms with Crippen LogP contribution in [0.25, 0.3) is 0 Å². The highest BCUT2D eigenvalue weighted by atomic mass is 32.2. The predicted molar refractivity (Wildman–Crippen MR) is 85.6 cm³/mol. The monoisotopic (exact) mass is 331 g/mol. The van der Waals surface area contributed by atoms with Gasteiger partial charge in [-0.2, -0.15) is 0 Å². The first-order valence-electron chi connectivity index (χ1n) is 7.30. The van der Waals surface area contributed by atoms with Crippen LogP contribution in [0.1, 0.15) is 33.9 Å². The lowest BCUT2D eigenvalue weighted by Gasteiger charge is -2.15. The first kappa shape index (κ1) is 15.7. The Bertz CT molecular complexity index is 845. The second-order valence-corrected chi connectivity index (χ2v) is 7.14. The van der Waals surface area contributed by atoms with E-state index >= 15 is 0 Å². The zero-order valence-electron chi connectivity index (χ0n) is 12.7. The van der Waals surface area contributed by atoms with Crippen molar-refractivity contribution in [1.82, 2.24) is 4.72 Å². The second-order valence-electron chi connectivity index (χ2n) is 5.43. The lowest BCUT2D eigenvalue weighted by molar-refractivity contribution is 0.0600. The number of esters is 1. The Hall–Kier alpha value is -2.18. The van der Waals surface area contributed by atoms with E-state index < -0.39 is 16.0 Å². The molecule has 0 radical (unpaired) electrons. The fourth-order valence-electron chi connectivity index (χ4n) is 2.84. The maximum Gasteiger partial charge on any atom is 0.337 e. The number of hydrogen-bond acceptors (Lipinski definition) is 4. The third kappa shape index (κ3) is 3.13. The van der Waals surface area contributed by atoms with E-state index in [1.54, 1.807) is 0 Å². The number of benzene rings is 2. The maximum absolute atomic E-state index is 12.6. The third-order valence-corrected chi connectivity index (χ3v) is 5.47. The van der Waals surface area contributed by atoms with Gasteiger partial charge in [-0.15, -0.1) is 0 Å². The molecule has 23 heavy (non-hydrogen) atoms. The van der Waals surface area contributed by atoms with Crippen LogP contribution in [0.2, 0.25) is 0 Å². The van der Waals surface area contributed by atoms with Gasteiger partial charge < -0.3 is 4.74 Å². The van der Waals surface area contributed by atoms with Crippen LogP contribution in [-0.2, 0) is 21.2 Å². The Balaban J connectivity index is 1.87. The molecule has 0 aromatic heterocycles. The Morgan fingerprint density at radius 2 is 1.96 bits per heavy atom. The molecular formula is C17H17NO4S. The second kappa shape index (κ2) is 6.14. The molecule has 0 saturated carbocycles. The topological polar surface area (TPSA) is 72.5 Å². The van der Waals surface area contributed by atoms with Crippen molar-refractivity contribution in [3.63, 3.8) is 0 Å². The summed E-state index contributed by atoms with van der Waals surface area (Å²) in [7, 11) is -2.45. The van der Waals surface area contributed by atoms with Crippen molar-refractivity contribution >= 4 is 16.0 Å². The molecular weight excluding hydrogens is 314 g/mol. The first-order valence-corrected chi connectivity index (χ1v) is 8.78. The van der Waals surface area contributed by atoms with E-state index in [-0.39, 0.29) is 16.5 Å². The molecule has 0 bridgehead atoms. The van der Waals surface area contributed by atoms with Gasteiger partial charge in [-0.1, -0.05) is 30.3 Å². The molecule has 1 aliphatic carbocycles. The fourth-order valence-corrected chi connectivity index (χ4v) is 4.14. The summed E-state index contributed by atoms with van der Waals surface area (Å²) in [6.45, 7) is 0. The number of nitrogens with one attached hydrogen (secondary N) is 1. The lowest BCUT2D eigenvalue weighted by atomic mass is 10.1. The molecule has 5 nitrogen and oxygen atoms in total. The van der Waals surface area contributed by atoms with E-state index in [2.05, 4.69) is 9.46 Å². The summed E-state index contributed by atoms with van der Waals surface area (Å²) in [5, 5.41) is 0. The van der Waals surface area contributed by atoms with Crippen LogP contribution in [-0.4, -0.2) is 21.5 Å². The van der Waals surface area contributed by atoms with Crippen molar-refractivity contribution in [1.29, 1.82) is 0 Å². The third-order valence-electron chi connectivity index (χ3n) is 4.00. The smallest absolute Gasteiger partial charge is 0.337 e. The van der Waals surface area contributed by atoms with Crippen LogP contribution >= 0.6 is 0 Å². The lowest BCUT2D eigenvalue weighted by Crippen LogP contribution is -2.27. The summed E-state index contributed by atoms with van der Waals surface area (Å²) in [4.78, 5) is 11.6. The van der Waals surface area contributed by atoms with Crippen molar-refractivity contribution in [3.8, 4) is 0 Å². The Kier molecular flexibility index (Phi) is 4.19. The molecule has 1 atom stereocenters. The Morgan fingerprint density at radius 3 is 2.74 bits per heavy atom. The number of ether oxygens (including phenoxy) is 1. The van der Waals surface area contributed by atoms with E-state index in [4.69, 9.17) is 0 Å². The van der Waals surface area contributed by atoms with Gasteiger partial charge in [0.05, 0.1) is 17.6 Å². The van der Waals surface area contributed by atoms with E-state index in [0.717, 1.165) is 18.4 Å². The average Bonchev–Trinajstić information content (AvgIpc) is 2.97. The molecule has 0 aliphatic heterocycles. The van der Waals surface area contributed by atoms with Crippen LogP contribution in [0, 0.1) is 0 Å². The summed E-state index contributed by atoms with van der Waals surface area (Å²) in [6.07, 6.45) is 1.58. The van der Waals surface area contributed by atoms with Crippen molar-refractivity contribution < 1.29 is 17.9 Å². The Morgan fingerprint density at radius 1 is 1.17 bits per heavy atom. The van der Waals surface area contributed by atoms with E-state index in [1.807, 2.05) is 24.3 Å². The molecule has 1 N–H and O–H groups in total. The summed E-state index contributed by atoms with van der Waals surface area (Å²) in [6, 6.07) is 13.4. The van der Waals surface area contributed by atoms with Crippen molar-refractivity contribution in [2.24, 2.45) is 0 Å². The quantitative estimate of drug-likeness (QED) is 0.874. The molecule has 0 saturated heterocycles. The largest absolute Gasteiger partial charge is 0.465 e. The number of hydrogen-bond donors (Lipinski definition) is 1. The highest BCUT2D eigenvalue weighted by Crippen LogP contribution is 2.32. The maximum atomic E-state index is 12.6. The van der Waals surface area contributed by atoms with Crippen molar-refractivity contribution in [2.75, 3.05) is 7.11 Å². The first-order chi connectivity index (χ1) is 11.0. The molecule has 2 aromatic carbocycles. The van der Waals surface area contributed by atoms with Crippen molar-refractivity contribution in [3.05, 3.63) is 65.2 Å². The summed E-state index contributed by atoms with van der Waals surface area (Å²) < 4.78 is 32.6. The minimum absolute atomic E-state index is 0.0600. The molecule has 0 fully saturated rings. The van der Waals surface area contributed by atoms with Gasteiger partial charge in [0.2, 0.25) is 10.0 Å². The van der Waals surface area contributed by atoms with Gasteiger partial charge in [-0.3, -0.25) is 0 Å². The molecule has 0 spiro atoms. The number of sulfonamides is 1. The molecule has 2 aromatic rings. The fraction of sp³-hybridized carbons (Fsp3) is 0.235. The van der Waals surface area contributed by atoms with Crippen LogP contribution < -0.4 is 4.72 Å². The SMILES string of the molecule is COC(=O)c1cccc(S(=O)(=O)NC2CCc3ccccc32)c1. The normalized spacial score (nSPS) is 16.8. The summed E-state index contributed by atoms with van der Waals surface area (Å²) in [5.74, 6) is -0.562. The number of carbonyl (C=O) groups is 1. The number of methoxy groups -OCH3 is 1. The van der Waals surface area contributed by atoms with Crippen LogP contribution in [0.15, 0.2) is 53.4 Å². The van der Waals surface area contributed by atoms with Gasteiger partial charge in [0, 0.05) is 6.04 Å². The van der Waals surface area contributed by atoms with Gasteiger partial charge in [-0.05, 0) is 42.2 Å². The molecule has 0 heterocycles. The molecule has 120 valence electrons. The van der Waals surface area contributed by atoms with Gasteiger partial charge in [0.15, 0.2) is 0 Å². The van der Waals surface area contributed by atoms with Crippen LogP contribution in [0.5, 0.6) is 0 Å². The minimum Gasteiger partial charge on any atom is -0.465 e. The minimum atomic E-state index is -3.71. The van der Waals surface area contributed by atoms with E-state index in [9.17, 15) is 13.2 Å². The molecule has 1 aliphatic rings. The van der Waals surface area contributed by atoms with Crippen LogP contribution in [0.3, 0.4) is 0 Å². The molecule has 0 amide bonds. The summed E-state index contributed by atoms with van der Waals surface area (Å²) >= 11 is 0. The van der Waals surface area contributed by atoms with Gasteiger partial charge in [0.25, 0.3) is 0 Å². The van der Waals surface area contributed by atoms with E-state index in [1.165, 1.54) is 36.9 Å². The number of fused-ring (bicyclic) bond motifs is 1. The van der Waals surface area contributed by atoms with Crippen LogP contribution in [0.4, 0.5) is 0 Å². The number of carbonyl (C=O) groups excluding carboxylic acids is 1. The van der Waals surface area contributed by atoms with E-state index in [0.29, 0.717) is 0 Å².